The van der Waals surface area contributed by atoms with Crippen molar-refractivity contribution >= 4 is 24.1 Å². The SMILES string of the molecule is C=C/C=c1/c(C(C)C2OC(NC)=NC2=O)c[nH]/c1=C/C. The Bertz CT molecular complexity index is 670. The molecule has 2 atom stereocenters. The maximum Gasteiger partial charge on any atom is 0.293 e. The lowest BCUT2D eigenvalue weighted by molar-refractivity contribution is -0.123. The van der Waals surface area contributed by atoms with Crippen molar-refractivity contribution in [3.8, 4) is 0 Å². The predicted octanol–water partition coefficient (Wildman–Crippen LogP) is 0.386. The van der Waals surface area contributed by atoms with Gasteiger partial charge >= 0.3 is 0 Å². The minimum Gasteiger partial charge on any atom is -0.451 e. The van der Waals surface area contributed by atoms with Crippen LogP contribution >= 0.6 is 0 Å². The molecule has 1 amide bonds. The Balaban J connectivity index is 2.39. The van der Waals surface area contributed by atoms with E-state index < -0.39 is 6.10 Å². The van der Waals surface area contributed by atoms with Crippen molar-refractivity contribution in [1.29, 1.82) is 0 Å². The Kier molecular flexibility index (Phi) is 4.08. The molecule has 5 nitrogen and oxygen atoms in total. The highest BCUT2D eigenvalue weighted by molar-refractivity contribution is 5.98. The number of aromatic nitrogens is 1. The molecule has 0 aliphatic carbocycles. The van der Waals surface area contributed by atoms with Crippen molar-refractivity contribution in [3.63, 3.8) is 0 Å². The van der Waals surface area contributed by atoms with E-state index in [1.165, 1.54) is 0 Å². The number of carbonyl (C=O) groups excluding carboxylic acids is 1. The van der Waals surface area contributed by atoms with Crippen molar-refractivity contribution in [2.45, 2.75) is 25.9 Å². The van der Waals surface area contributed by atoms with Gasteiger partial charge in [-0.2, -0.15) is 4.99 Å². The summed E-state index contributed by atoms with van der Waals surface area (Å²) < 4.78 is 5.54. The molecule has 0 bridgehead atoms. The molecule has 20 heavy (non-hydrogen) atoms. The number of H-pyrrole nitrogens is 1. The fraction of sp³-hybridized carbons (Fsp3) is 0.333. The highest BCUT2D eigenvalue weighted by Gasteiger charge is 2.35. The zero-order valence-corrected chi connectivity index (χ0v) is 11.9. The molecule has 1 aromatic heterocycles. The number of amidine groups is 1. The number of allylic oxidation sites excluding steroid dienone is 1. The smallest absolute Gasteiger partial charge is 0.293 e. The molecule has 1 aliphatic rings. The van der Waals surface area contributed by atoms with Gasteiger partial charge in [0.15, 0.2) is 6.10 Å². The second-order valence-corrected chi connectivity index (χ2v) is 4.59. The van der Waals surface area contributed by atoms with Gasteiger partial charge in [-0.15, -0.1) is 0 Å². The lowest BCUT2D eigenvalue weighted by Gasteiger charge is -2.16. The second-order valence-electron chi connectivity index (χ2n) is 4.59. The molecule has 0 radical (unpaired) electrons. The third-order valence-corrected chi connectivity index (χ3v) is 3.41. The number of carbonyl (C=O) groups is 1. The zero-order chi connectivity index (χ0) is 14.7. The Hall–Kier alpha value is -2.30. The van der Waals surface area contributed by atoms with E-state index >= 15 is 0 Å². The first-order chi connectivity index (χ1) is 9.62. The van der Waals surface area contributed by atoms with Crippen LogP contribution in [0, 0.1) is 0 Å². The van der Waals surface area contributed by atoms with E-state index in [0.717, 1.165) is 16.1 Å². The Morgan fingerprint density at radius 3 is 2.90 bits per heavy atom. The van der Waals surface area contributed by atoms with Gasteiger partial charge in [-0.3, -0.25) is 4.79 Å². The molecule has 0 saturated carbocycles. The molecule has 1 aromatic rings. The van der Waals surface area contributed by atoms with E-state index in [9.17, 15) is 4.79 Å². The largest absolute Gasteiger partial charge is 0.451 e. The van der Waals surface area contributed by atoms with Crippen LogP contribution in [0.4, 0.5) is 0 Å². The van der Waals surface area contributed by atoms with Crippen molar-refractivity contribution in [2.75, 3.05) is 7.05 Å². The van der Waals surface area contributed by atoms with Crippen LogP contribution < -0.4 is 15.9 Å². The number of aromatic amines is 1. The Morgan fingerprint density at radius 1 is 1.60 bits per heavy atom. The van der Waals surface area contributed by atoms with Crippen LogP contribution in [0.5, 0.6) is 0 Å². The zero-order valence-electron chi connectivity index (χ0n) is 11.9. The number of nitrogens with zero attached hydrogens (tertiary/aromatic N) is 1. The van der Waals surface area contributed by atoms with Crippen molar-refractivity contribution < 1.29 is 9.53 Å². The van der Waals surface area contributed by atoms with Gasteiger partial charge in [-0.1, -0.05) is 31.7 Å². The summed E-state index contributed by atoms with van der Waals surface area (Å²) in [6.07, 6.45) is 6.97. The van der Waals surface area contributed by atoms with Gasteiger partial charge in [0.05, 0.1) is 0 Å². The molecule has 0 fully saturated rings. The summed E-state index contributed by atoms with van der Waals surface area (Å²) in [4.78, 5) is 18.9. The summed E-state index contributed by atoms with van der Waals surface area (Å²) in [5.41, 5.74) is 1.02. The Morgan fingerprint density at radius 2 is 2.35 bits per heavy atom. The topological polar surface area (TPSA) is 66.5 Å². The highest BCUT2D eigenvalue weighted by atomic mass is 16.5. The van der Waals surface area contributed by atoms with E-state index in [0.29, 0.717) is 0 Å². The summed E-state index contributed by atoms with van der Waals surface area (Å²) in [7, 11) is 1.68. The van der Waals surface area contributed by atoms with Crippen LogP contribution in [0.2, 0.25) is 0 Å². The maximum atomic E-state index is 11.9. The molecule has 0 saturated heterocycles. The van der Waals surface area contributed by atoms with E-state index in [1.807, 2.05) is 32.2 Å². The third kappa shape index (κ3) is 2.39. The molecule has 2 heterocycles. The number of hydrogen-bond donors (Lipinski definition) is 2. The monoisotopic (exact) mass is 273 g/mol. The van der Waals surface area contributed by atoms with E-state index in [-0.39, 0.29) is 17.8 Å². The normalized spacial score (nSPS) is 21.6. The minimum atomic E-state index is -0.588. The van der Waals surface area contributed by atoms with Gasteiger partial charge in [-0.25, -0.2) is 0 Å². The van der Waals surface area contributed by atoms with E-state index in [4.69, 9.17) is 4.74 Å². The van der Waals surface area contributed by atoms with E-state index in [2.05, 4.69) is 21.9 Å². The fourth-order valence-electron chi connectivity index (χ4n) is 2.34. The van der Waals surface area contributed by atoms with Gasteiger partial charge < -0.3 is 15.0 Å². The third-order valence-electron chi connectivity index (χ3n) is 3.41. The van der Waals surface area contributed by atoms with Gasteiger partial charge in [0.25, 0.3) is 11.9 Å². The average molecular weight is 273 g/mol. The molecule has 2 N–H and O–H groups in total. The van der Waals surface area contributed by atoms with Crippen LogP contribution in [-0.2, 0) is 9.53 Å². The van der Waals surface area contributed by atoms with Gasteiger partial charge in [0.2, 0.25) is 0 Å². The maximum absolute atomic E-state index is 11.9. The van der Waals surface area contributed by atoms with Crippen LogP contribution in [0.1, 0.15) is 25.3 Å². The van der Waals surface area contributed by atoms with Gasteiger partial charge in [0.1, 0.15) is 0 Å². The first-order valence-corrected chi connectivity index (χ1v) is 6.55. The van der Waals surface area contributed by atoms with Gasteiger partial charge in [0, 0.05) is 29.7 Å². The number of aliphatic imine (C=N–C) groups is 1. The number of rotatable bonds is 3. The molecule has 2 unspecified atom stereocenters. The first kappa shape index (κ1) is 14.1. The summed E-state index contributed by atoms with van der Waals surface area (Å²) in [6.45, 7) is 7.65. The summed E-state index contributed by atoms with van der Waals surface area (Å²) in [5.74, 6) is -0.358. The number of ether oxygens (including phenoxy) is 1. The molecular formula is C15H19N3O2. The molecule has 1 aliphatic heterocycles. The number of nitrogens with one attached hydrogen (secondary N) is 2. The van der Waals surface area contributed by atoms with E-state index in [1.54, 1.807) is 13.1 Å². The van der Waals surface area contributed by atoms with Crippen molar-refractivity contribution in [3.05, 3.63) is 35.0 Å². The molecule has 5 heteroatoms. The summed E-state index contributed by atoms with van der Waals surface area (Å²) in [5, 5.41) is 4.79. The van der Waals surface area contributed by atoms with Crippen LogP contribution in [0.3, 0.4) is 0 Å². The average Bonchev–Trinajstić information content (AvgIpc) is 3.02. The lowest BCUT2D eigenvalue weighted by atomic mass is 9.95. The minimum absolute atomic E-state index is 0.103. The fourth-order valence-corrected chi connectivity index (χ4v) is 2.34. The molecular weight excluding hydrogens is 254 g/mol. The predicted molar refractivity (Wildman–Crippen MR) is 79.6 cm³/mol. The van der Waals surface area contributed by atoms with Crippen LogP contribution in [0.15, 0.2) is 23.8 Å². The first-order valence-electron chi connectivity index (χ1n) is 6.55. The molecule has 0 spiro atoms. The van der Waals surface area contributed by atoms with Crippen molar-refractivity contribution in [1.82, 2.24) is 10.3 Å². The summed E-state index contributed by atoms with van der Waals surface area (Å²) in [6, 6.07) is 0.277. The molecule has 0 aromatic carbocycles. The summed E-state index contributed by atoms with van der Waals surface area (Å²) >= 11 is 0. The van der Waals surface area contributed by atoms with Gasteiger partial charge in [-0.05, 0) is 12.5 Å². The quantitative estimate of drug-likeness (QED) is 0.837. The number of hydrogen-bond acceptors (Lipinski definition) is 3. The molecule has 106 valence electrons. The van der Waals surface area contributed by atoms with Crippen LogP contribution in [0.25, 0.3) is 12.2 Å². The number of amides is 1. The second kappa shape index (κ2) is 5.77. The standard InChI is InChI=1S/C15H19N3O2/c1-5-7-10-11(8-17-12(10)6-2)9(3)13-14(19)18-15(16-4)20-13/h5-9,13,17H,1H2,2-4H3,(H,16,18,19)/b10-7-,12-6+. The highest BCUT2D eigenvalue weighted by Crippen LogP contribution is 2.22. The Labute approximate surface area is 117 Å². The van der Waals surface area contributed by atoms with Crippen molar-refractivity contribution in [2.24, 2.45) is 4.99 Å². The lowest BCUT2D eigenvalue weighted by Crippen LogP contribution is -2.32. The van der Waals surface area contributed by atoms with Crippen LogP contribution in [-0.4, -0.2) is 30.1 Å². The molecule has 2 rings (SSSR count).